The Labute approximate surface area is 103 Å². The molecule has 17 heavy (non-hydrogen) atoms. The van der Waals surface area contributed by atoms with Crippen LogP contribution in [0.15, 0.2) is 22.3 Å². The highest BCUT2D eigenvalue weighted by Crippen LogP contribution is 2.38. The van der Waals surface area contributed by atoms with Gasteiger partial charge in [-0.25, -0.2) is 9.67 Å². The lowest BCUT2D eigenvalue weighted by atomic mass is 10.3. The van der Waals surface area contributed by atoms with Gasteiger partial charge in [0.15, 0.2) is 0 Å². The summed E-state index contributed by atoms with van der Waals surface area (Å²) >= 11 is 1.42. The summed E-state index contributed by atoms with van der Waals surface area (Å²) in [5, 5.41) is 13.2. The molecule has 2 aromatic rings. The molecule has 0 aliphatic heterocycles. The number of anilines is 1. The third-order valence-electron chi connectivity index (χ3n) is 2.57. The zero-order valence-electron chi connectivity index (χ0n) is 9.37. The second-order valence-corrected chi connectivity index (χ2v) is 5.04. The minimum Gasteiger partial charge on any atom is -0.397 e. The summed E-state index contributed by atoms with van der Waals surface area (Å²) in [4.78, 5) is 4.40. The van der Waals surface area contributed by atoms with Gasteiger partial charge in [0.2, 0.25) is 5.16 Å². The first-order valence-electron chi connectivity index (χ1n) is 5.43. The van der Waals surface area contributed by atoms with Gasteiger partial charge in [0.05, 0.1) is 11.7 Å². The van der Waals surface area contributed by atoms with Gasteiger partial charge >= 0.3 is 0 Å². The number of aryl methyl sites for hydroxylation is 1. The van der Waals surface area contributed by atoms with Crippen LogP contribution in [0.1, 0.15) is 24.6 Å². The molecule has 1 saturated carbocycles. The van der Waals surface area contributed by atoms with Gasteiger partial charge < -0.3 is 5.73 Å². The fourth-order valence-corrected chi connectivity index (χ4v) is 2.42. The summed E-state index contributed by atoms with van der Waals surface area (Å²) in [7, 11) is 0. The summed E-state index contributed by atoms with van der Waals surface area (Å²) in [6, 6.07) is 4.21. The first-order valence-corrected chi connectivity index (χ1v) is 6.24. The molecule has 0 amide bonds. The van der Waals surface area contributed by atoms with Crippen LogP contribution in [0.5, 0.6) is 0 Å². The summed E-state index contributed by atoms with van der Waals surface area (Å²) in [6.45, 7) is 1.94. The lowest BCUT2D eigenvalue weighted by Crippen LogP contribution is -2.00. The Hall–Kier alpha value is -1.63. The van der Waals surface area contributed by atoms with E-state index in [0.717, 1.165) is 28.7 Å². The molecule has 1 aliphatic rings. The lowest BCUT2D eigenvalue weighted by Gasteiger charge is -2.05. The van der Waals surface area contributed by atoms with Crippen LogP contribution in [0.25, 0.3) is 0 Å². The third-order valence-corrected chi connectivity index (χ3v) is 3.54. The summed E-state index contributed by atoms with van der Waals surface area (Å²) in [5.74, 6) is 0. The average Bonchev–Trinajstić information content (AvgIpc) is 3.05. The number of rotatable bonds is 3. The lowest BCUT2D eigenvalue weighted by molar-refractivity contribution is 0.565. The normalized spacial score (nSPS) is 15.1. The summed E-state index contributed by atoms with van der Waals surface area (Å²) < 4.78 is 1.86. The standard InChI is InChI=1S/C10H12N6S/c1-6-2-5-8(11)9(12-6)17-10-13-14-15-16(10)7-3-4-7/h2,5,7H,3-4,11H2,1H3. The quantitative estimate of drug-likeness (QED) is 0.885. The van der Waals surface area contributed by atoms with E-state index in [1.165, 1.54) is 11.8 Å². The first kappa shape index (κ1) is 10.5. The van der Waals surface area contributed by atoms with Crippen LogP contribution in [-0.2, 0) is 0 Å². The van der Waals surface area contributed by atoms with Gasteiger partial charge in [-0.15, -0.1) is 5.10 Å². The number of pyridine rings is 1. The third kappa shape index (κ3) is 2.10. The van der Waals surface area contributed by atoms with Crippen LogP contribution < -0.4 is 5.73 Å². The van der Waals surface area contributed by atoms with Crippen molar-refractivity contribution in [2.45, 2.75) is 36.0 Å². The van der Waals surface area contributed by atoms with Gasteiger partial charge in [-0.2, -0.15) is 0 Å². The highest BCUT2D eigenvalue weighted by molar-refractivity contribution is 7.99. The number of hydrogen-bond donors (Lipinski definition) is 1. The predicted molar refractivity (Wildman–Crippen MR) is 63.6 cm³/mol. The molecule has 88 valence electrons. The molecule has 0 unspecified atom stereocenters. The molecule has 7 heteroatoms. The highest BCUT2D eigenvalue weighted by atomic mass is 32.2. The highest BCUT2D eigenvalue weighted by Gasteiger charge is 2.28. The maximum atomic E-state index is 5.89. The predicted octanol–water partition coefficient (Wildman–Crippen LogP) is 1.44. The number of aromatic nitrogens is 5. The van der Waals surface area contributed by atoms with E-state index in [4.69, 9.17) is 5.73 Å². The first-order chi connectivity index (χ1) is 8.24. The van der Waals surface area contributed by atoms with Crippen molar-refractivity contribution in [2.75, 3.05) is 5.73 Å². The molecule has 0 bridgehead atoms. The van der Waals surface area contributed by atoms with Crippen molar-refractivity contribution in [3.05, 3.63) is 17.8 Å². The molecule has 0 spiro atoms. The summed E-state index contributed by atoms with van der Waals surface area (Å²) in [6.07, 6.45) is 2.30. The van der Waals surface area contributed by atoms with Gasteiger partial charge in [-0.1, -0.05) is 0 Å². The second kappa shape index (κ2) is 3.99. The molecule has 0 atom stereocenters. The Balaban J connectivity index is 1.90. The maximum Gasteiger partial charge on any atom is 0.215 e. The van der Waals surface area contributed by atoms with Crippen LogP contribution >= 0.6 is 11.8 Å². The molecular weight excluding hydrogens is 236 g/mol. The average molecular weight is 248 g/mol. The van der Waals surface area contributed by atoms with Crippen molar-refractivity contribution in [1.82, 2.24) is 25.2 Å². The van der Waals surface area contributed by atoms with Gasteiger partial charge in [-0.3, -0.25) is 0 Å². The van der Waals surface area contributed by atoms with Crippen LogP contribution in [0.2, 0.25) is 0 Å². The van der Waals surface area contributed by atoms with E-state index < -0.39 is 0 Å². The topological polar surface area (TPSA) is 82.5 Å². The molecule has 1 fully saturated rings. The molecule has 1 aliphatic carbocycles. The fourth-order valence-electron chi connectivity index (χ4n) is 1.51. The fraction of sp³-hybridized carbons (Fsp3) is 0.400. The Bertz CT molecular complexity index is 547. The number of nitrogens with two attached hydrogens (primary N) is 1. The molecule has 0 aromatic carbocycles. The number of tetrazole rings is 1. The monoisotopic (exact) mass is 248 g/mol. The van der Waals surface area contributed by atoms with E-state index in [0.29, 0.717) is 11.7 Å². The van der Waals surface area contributed by atoms with E-state index in [-0.39, 0.29) is 0 Å². The van der Waals surface area contributed by atoms with E-state index >= 15 is 0 Å². The molecule has 2 heterocycles. The number of nitrogen functional groups attached to an aromatic ring is 1. The van der Waals surface area contributed by atoms with Gasteiger partial charge in [-0.05, 0) is 54.1 Å². The van der Waals surface area contributed by atoms with Crippen molar-refractivity contribution < 1.29 is 0 Å². The van der Waals surface area contributed by atoms with Crippen LogP contribution in [0.4, 0.5) is 5.69 Å². The molecule has 0 saturated heterocycles. The molecule has 2 N–H and O–H groups in total. The van der Waals surface area contributed by atoms with Gasteiger partial charge in [0.25, 0.3) is 0 Å². The summed E-state index contributed by atoms with van der Waals surface area (Å²) in [5.41, 5.74) is 7.48. The van der Waals surface area contributed by atoms with Crippen LogP contribution in [0, 0.1) is 6.92 Å². The molecule has 0 radical (unpaired) electrons. The largest absolute Gasteiger partial charge is 0.397 e. The Kier molecular flexibility index (Phi) is 2.47. The van der Waals surface area contributed by atoms with Crippen molar-refractivity contribution in [1.29, 1.82) is 0 Å². The van der Waals surface area contributed by atoms with Crippen molar-refractivity contribution in [2.24, 2.45) is 0 Å². The van der Waals surface area contributed by atoms with E-state index in [1.54, 1.807) is 0 Å². The van der Waals surface area contributed by atoms with Crippen molar-refractivity contribution in [3.8, 4) is 0 Å². The number of hydrogen-bond acceptors (Lipinski definition) is 6. The zero-order valence-corrected chi connectivity index (χ0v) is 10.2. The van der Waals surface area contributed by atoms with Crippen LogP contribution in [-0.4, -0.2) is 25.2 Å². The number of nitrogens with zero attached hydrogens (tertiary/aromatic N) is 5. The molecule has 2 aromatic heterocycles. The molecule has 3 rings (SSSR count). The SMILES string of the molecule is Cc1ccc(N)c(Sc2nnnn2C2CC2)n1. The Morgan fingerprint density at radius 1 is 1.41 bits per heavy atom. The van der Waals surface area contributed by atoms with Crippen LogP contribution in [0.3, 0.4) is 0 Å². The van der Waals surface area contributed by atoms with E-state index in [2.05, 4.69) is 20.5 Å². The van der Waals surface area contributed by atoms with E-state index in [9.17, 15) is 0 Å². The van der Waals surface area contributed by atoms with Gasteiger partial charge in [0, 0.05) is 5.69 Å². The smallest absolute Gasteiger partial charge is 0.215 e. The van der Waals surface area contributed by atoms with Gasteiger partial charge in [0.1, 0.15) is 5.03 Å². The van der Waals surface area contributed by atoms with Crippen molar-refractivity contribution in [3.63, 3.8) is 0 Å². The minimum atomic E-state index is 0.457. The second-order valence-electron chi connectivity index (χ2n) is 4.09. The Morgan fingerprint density at radius 3 is 3.00 bits per heavy atom. The zero-order chi connectivity index (χ0) is 11.8. The maximum absolute atomic E-state index is 5.89. The minimum absolute atomic E-state index is 0.457. The molecular formula is C10H12N6S. The molecule has 6 nitrogen and oxygen atoms in total. The van der Waals surface area contributed by atoms with Crippen molar-refractivity contribution >= 4 is 17.4 Å². The van der Waals surface area contributed by atoms with E-state index in [1.807, 2.05) is 23.7 Å². The Morgan fingerprint density at radius 2 is 2.24 bits per heavy atom.